The predicted molar refractivity (Wildman–Crippen MR) is 67.7 cm³/mol. The molecule has 2 nitrogen and oxygen atoms in total. The van der Waals surface area contributed by atoms with Crippen LogP contribution in [0, 0.1) is 5.92 Å². The second-order valence-electron chi connectivity index (χ2n) is 4.95. The summed E-state index contributed by atoms with van der Waals surface area (Å²) in [6, 6.07) is 10.6. The van der Waals surface area contributed by atoms with Crippen molar-refractivity contribution in [1.82, 2.24) is 0 Å². The van der Waals surface area contributed by atoms with Crippen LogP contribution in [-0.2, 0) is 16.0 Å². The van der Waals surface area contributed by atoms with Crippen LogP contribution < -0.4 is 0 Å². The Bertz CT molecular complexity index is 358. The third-order valence-corrected chi connectivity index (χ3v) is 3.43. The van der Waals surface area contributed by atoms with Gasteiger partial charge in [-0.3, -0.25) is 4.79 Å². The first-order valence-electron chi connectivity index (χ1n) is 6.45. The van der Waals surface area contributed by atoms with Crippen LogP contribution in [-0.4, -0.2) is 12.1 Å². The molecule has 92 valence electrons. The van der Waals surface area contributed by atoms with E-state index < -0.39 is 0 Å². The van der Waals surface area contributed by atoms with Gasteiger partial charge >= 0.3 is 5.97 Å². The number of esters is 1. The second kappa shape index (κ2) is 5.85. The molecule has 0 aromatic heterocycles. The highest BCUT2D eigenvalue weighted by atomic mass is 16.5. The van der Waals surface area contributed by atoms with Crippen LogP contribution in [0.3, 0.4) is 0 Å². The summed E-state index contributed by atoms with van der Waals surface area (Å²) in [6.45, 7) is 1.50. The molecule has 1 aromatic carbocycles. The molecule has 0 amide bonds. The van der Waals surface area contributed by atoms with E-state index in [4.69, 9.17) is 4.74 Å². The highest BCUT2D eigenvalue weighted by Gasteiger charge is 2.23. The zero-order valence-corrected chi connectivity index (χ0v) is 10.4. The minimum atomic E-state index is -0.143. The number of carbonyl (C=O) groups is 1. The molecule has 0 unspecified atom stereocenters. The molecule has 1 aromatic rings. The van der Waals surface area contributed by atoms with Crippen LogP contribution in [0.5, 0.6) is 0 Å². The SMILES string of the molecule is CC(=O)O[C@@H]1CCC[C@H](Cc2ccccc2)C1. The van der Waals surface area contributed by atoms with Crippen molar-refractivity contribution >= 4 is 5.97 Å². The lowest BCUT2D eigenvalue weighted by Crippen LogP contribution is -2.25. The Labute approximate surface area is 103 Å². The Balaban J connectivity index is 1.87. The van der Waals surface area contributed by atoms with Crippen LogP contribution in [0.15, 0.2) is 30.3 Å². The van der Waals surface area contributed by atoms with Crippen LogP contribution in [0.2, 0.25) is 0 Å². The Morgan fingerprint density at radius 2 is 2.06 bits per heavy atom. The van der Waals surface area contributed by atoms with E-state index in [1.165, 1.54) is 25.3 Å². The van der Waals surface area contributed by atoms with Gasteiger partial charge in [-0.1, -0.05) is 30.3 Å². The molecule has 2 rings (SSSR count). The molecule has 0 spiro atoms. The lowest BCUT2D eigenvalue weighted by Gasteiger charge is -2.28. The summed E-state index contributed by atoms with van der Waals surface area (Å²) < 4.78 is 5.32. The Morgan fingerprint density at radius 3 is 2.76 bits per heavy atom. The Morgan fingerprint density at radius 1 is 1.29 bits per heavy atom. The fourth-order valence-corrected chi connectivity index (χ4v) is 2.72. The van der Waals surface area contributed by atoms with Crippen molar-refractivity contribution < 1.29 is 9.53 Å². The molecule has 2 atom stereocenters. The first-order chi connectivity index (χ1) is 8.24. The minimum Gasteiger partial charge on any atom is -0.463 e. The van der Waals surface area contributed by atoms with Gasteiger partial charge in [-0.05, 0) is 43.6 Å². The van der Waals surface area contributed by atoms with Crippen molar-refractivity contribution in [3.8, 4) is 0 Å². The number of hydrogen-bond donors (Lipinski definition) is 0. The van der Waals surface area contributed by atoms with Gasteiger partial charge in [-0.15, -0.1) is 0 Å². The molecule has 0 N–H and O–H groups in total. The summed E-state index contributed by atoms with van der Waals surface area (Å²) >= 11 is 0. The molecule has 0 aliphatic heterocycles. The largest absolute Gasteiger partial charge is 0.463 e. The molecular formula is C15H20O2. The van der Waals surface area contributed by atoms with E-state index in [2.05, 4.69) is 24.3 Å². The molecule has 0 bridgehead atoms. The van der Waals surface area contributed by atoms with Gasteiger partial charge in [0.05, 0.1) is 0 Å². The summed E-state index contributed by atoms with van der Waals surface area (Å²) in [5.41, 5.74) is 1.39. The van der Waals surface area contributed by atoms with Crippen molar-refractivity contribution in [3.05, 3.63) is 35.9 Å². The van der Waals surface area contributed by atoms with Crippen LogP contribution in [0.4, 0.5) is 0 Å². The van der Waals surface area contributed by atoms with Crippen molar-refractivity contribution in [1.29, 1.82) is 0 Å². The molecule has 1 aliphatic carbocycles. The molecule has 0 saturated heterocycles. The molecular weight excluding hydrogens is 212 g/mol. The smallest absolute Gasteiger partial charge is 0.302 e. The van der Waals surface area contributed by atoms with Gasteiger partial charge in [-0.25, -0.2) is 0 Å². The Hall–Kier alpha value is -1.31. The van der Waals surface area contributed by atoms with E-state index in [-0.39, 0.29) is 12.1 Å². The average Bonchev–Trinajstić information content (AvgIpc) is 2.30. The average molecular weight is 232 g/mol. The van der Waals surface area contributed by atoms with Gasteiger partial charge < -0.3 is 4.74 Å². The van der Waals surface area contributed by atoms with Gasteiger partial charge in [0.1, 0.15) is 6.10 Å². The van der Waals surface area contributed by atoms with Crippen LogP contribution in [0.1, 0.15) is 38.2 Å². The lowest BCUT2D eigenvalue weighted by atomic mass is 9.83. The van der Waals surface area contributed by atoms with Crippen molar-refractivity contribution in [2.24, 2.45) is 5.92 Å². The molecule has 0 heterocycles. The number of ether oxygens (including phenoxy) is 1. The zero-order chi connectivity index (χ0) is 12.1. The predicted octanol–water partition coefficient (Wildman–Crippen LogP) is 3.35. The molecule has 1 aliphatic rings. The van der Waals surface area contributed by atoms with Crippen molar-refractivity contribution in [3.63, 3.8) is 0 Å². The van der Waals surface area contributed by atoms with Gasteiger partial charge in [0.2, 0.25) is 0 Å². The number of hydrogen-bond acceptors (Lipinski definition) is 2. The molecule has 17 heavy (non-hydrogen) atoms. The maximum atomic E-state index is 11.0. The van der Waals surface area contributed by atoms with E-state index in [0.717, 1.165) is 19.3 Å². The maximum absolute atomic E-state index is 11.0. The summed E-state index contributed by atoms with van der Waals surface area (Å²) in [7, 11) is 0. The quantitative estimate of drug-likeness (QED) is 0.747. The highest BCUT2D eigenvalue weighted by Crippen LogP contribution is 2.29. The second-order valence-corrected chi connectivity index (χ2v) is 4.95. The zero-order valence-electron chi connectivity index (χ0n) is 10.4. The standard InChI is InChI=1S/C15H20O2/c1-12(16)17-15-9-5-8-14(11-15)10-13-6-3-2-4-7-13/h2-4,6-7,14-15H,5,8-11H2,1H3/t14-,15-/m1/s1. The minimum absolute atomic E-state index is 0.143. The van der Waals surface area contributed by atoms with Gasteiger partial charge in [0.15, 0.2) is 0 Å². The summed E-state index contributed by atoms with van der Waals surface area (Å²) in [5.74, 6) is 0.519. The van der Waals surface area contributed by atoms with Gasteiger partial charge in [-0.2, -0.15) is 0 Å². The van der Waals surface area contributed by atoms with Crippen LogP contribution >= 0.6 is 0 Å². The summed E-state index contributed by atoms with van der Waals surface area (Å²) in [6.07, 6.45) is 5.75. The van der Waals surface area contributed by atoms with E-state index >= 15 is 0 Å². The van der Waals surface area contributed by atoms with E-state index in [9.17, 15) is 4.79 Å². The normalized spacial score (nSPS) is 24.3. The molecule has 1 fully saturated rings. The Kier molecular flexibility index (Phi) is 4.18. The molecule has 1 saturated carbocycles. The molecule has 2 heteroatoms. The van der Waals surface area contributed by atoms with Crippen molar-refractivity contribution in [2.75, 3.05) is 0 Å². The van der Waals surface area contributed by atoms with Gasteiger partial charge in [0.25, 0.3) is 0 Å². The fourth-order valence-electron chi connectivity index (χ4n) is 2.72. The van der Waals surface area contributed by atoms with E-state index in [1.54, 1.807) is 0 Å². The topological polar surface area (TPSA) is 26.3 Å². The lowest BCUT2D eigenvalue weighted by molar-refractivity contribution is -0.148. The third-order valence-electron chi connectivity index (χ3n) is 3.43. The third kappa shape index (κ3) is 3.88. The number of carbonyl (C=O) groups excluding carboxylic acids is 1. The van der Waals surface area contributed by atoms with Crippen molar-refractivity contribution in [2.45, 2.75) is 45.1 Å². The van der Waals surface area contributed by atoms with E-state index in [0.29, 0.717) is 5.92 Å². The number of rotatable bonds is 3. The first-order valence-corrected chi connectivity index (χ1v) is 6.45. The summed E-state index contributed by atoms with van der Waals surface area (Å²) in [5, 5.41) is 0. The van der Waals surface area contributed by atoms with E-state index in [1.807, 2.05) is 6.07 Å². The maximum Gasteiger partial charge on any atom is 0.302 e. The first kappa shape index (κ1) is 12.2. The summed E-state index contributed by atoms with van der Waals surface area (Å²) in [4.78, 5) is 11.0. The molecule has 0 radical (unpaired) electrons. The highest BCUT2D eigenvalue weighted by molar-refractivity contribution is 5.66. The number of benzene rings is 1. The van der Waals surface area contributed by atoms with Crippen LogP contribution in [0.25, 0.3) is 0 Å². The fraction of sp³-hybridized carbons (Fsp3) is 0.533. The monoisotopic (exact) mass is 232 g/mol. The van der Waals surface area contributed by atoms with Gasteiger partial charge in [0, 0.05) is 6.92 Å².